The highest BCUT2D eigenvalue weighted by atomic mass is 19.1. The Hall–Kier alpha value is -1.90. The van der Waals surface area contributed by atoms with Crippen molar-refractivity contribution in [2.45, 2.75) is 84.0 Å². The zero-order valence-corrected chi connectivity index (χ0v) is 19.0. The van der Waals surface area contributed by atoms with Gasteiger partial charge < -0.3 is 4.74 Å². The molecular formula is C28H37F2O. The van der Waals surface area contributed by atoms with E-state index in [-0.39, 0.29) is 0 Å². The van der Waals surface area contributed by atoms with Crippen LogP contribution in [-0.4, -0.2) is 6.61 Å². The zero-order valence-electron chi connectivity index (χ0n) is 19.0. The van der Waals surface area contributed by atoms with Crippen LogP contribution in [0, 0.1) is 29.5 Å². The van der Waals surface area contributed by atoms with Crippen molar-refractivity contribution in [3.63, 3.8) is 0 Å². The third-order valence-corrected chi connectivity index (χ3v) is 6.67. The molecule has 1 fully saturated rings. The lowest BCUT2D eigenvalue weighted by molar-refractivity contribution is 0.177. The van der Waals surface area contributed by atoms with Gasteiger partial charge in [-0.25, -0.2) is 8.78 Å². The second-order valence-corrected chi connectivity index (χ2v) is 9.17. The Morgan fingerprint density at radius 3 is 2.32 bits per heavy atom. The summed E-state index contributed by atoms with van der Waals surface area (Å²) in [6, 6.07) is 12.1. The Morgan fingerprint density at radius 2 is 1.58 bits per heavy atom. The lowest BCUT2D eigenvalue weighted by Crippen LogP contribution is -2.20. The minimum Gasteiger partial charge on any atom is -0.493 e. The number of hydrogen-bond acceptors (Lipinski definition) is 1. The Bertz CT molecular complexity index is 780. The van der Waals surface area contributed by atoms with Gasteiger partial charge in [0, 0.05) is 17.7 Å². The fourth-order valence-electron chi connectivity index (χ4n) is 4.70. The molecule has 3 heteroatoms. The summed E-state index contributed by atoms with van der Waals surface area (Å²) in [6.45, 7) is 2.96. The van der Waals surface area contributed by atoms with E-state index in [2.05, 4.69) is 13.0 Å². The molecule has 0 heterocycles. The second-order valence-electron chi connectivity index (χ2n) is 9.17. The molecule has 31 heavy (non-hydrogen) atoms. The molecule has 0 amide bonds. The molecule has 2 aromatic rings. The molecule has 0 atom stereocenters. The van der Waals surface area contributed by atoms with Gasteiger partial charge in [0.15, 0.2) is 0 Å². The van der Waals surface area contributed by atoms with E-state index in [0.29, 0.717) is 29.4 Å². The van der Waals surface area contributed by atoms with Crippen LogP contribution < -0.4 is 4.74 Å². The molecule has 0 unspecified atom stereocenters. The maximum absolute atomic E-state index is 14.1. The van der Waals surface area contributed by atoms with Crippen LogP contribution in [0.3, 0.4) is 0 Å². The van der Waals surface area contributed by atoms with Crippen LogP contribution in [0.25, 0.3) is 11.1 Å². The average Bonchev–Trinajstić information content (AvgIpc) is 2.78. The number of hydrogen-bond donors (Lipinski definition) is 0. The standard InChI is InChI=1S/C28H37F2O/c1-2-3-4-5-6-7-8-10-22-13-15-23(16-14-22)21-31-26-12-9-11-24(19-26)27-18-17-25(29)20-28(27)30/h9,11,17-20,22-23H,2-8,10,13-16,21H2,1H3. The average molecular weight is 428 g/mol. The fraction of sp³-hybridized carbons (Fsp3) is 0.571. The van der Waals surface area contributed by atoms with E-state index in [1.807, 2.05) is 0 Å². The Labute approximate surface area is 187 Å². The number of ether oxygens (including phenoxy) is 1. The van der Waals surface area contributed by atoms with Crippen molar-refractivity contribution in [1.82, 2.24) is 0 Å². The summed E-state index contributed by atoms with van der Waals surface area (Å²) in [6.07, 6.45) is 16.2. The molecule has 1 aliphatic carbocycles. The van der Waals surface area contributed by atoms with E-state index >= 15 is 0 Å². The second kappa shape index (κ2) is 12.8. The van der Waals surface area contributed by atoms with Gasteiger partial charge in [0.1, 0.15) is 17.4 Å². The van der Waals surface area contributed by atoms with Crippen molar-refractivity contribution in [3.8, 4) is 16.9 Å². The number of benzene rings is 2. The topological polar surface area (TPSA) is 9.23 Å². The maximum Gasteiger partial charge on any atom is 0.133 e. The van der Waals surface area contributed by atoms with E-state index < -0.39 is 11.6 Å². The van der Waals surface area contributed by atoms with Crippen LogP contribution in [0.1, 0.15) is 84.0 Å². The molecule has 1 aliphatic rings. The van der Waals surface area contributed by atoms with Gasteiger partial charge >= 0.3 is 0 Å². The molecule has 1 radical (unpaired) electrons. The quantitative estimate of drug-likeness (QED) is 0.308. The summed E-state index contributed by atoms with van der Waals surface area (Å²) in [4.78, 5) is 0. The van der Waals surface area contributed by atoms with Crippen molar-refractivity contribution in [2.75, 3.05) is 6.61 Å². The first-order valence-corrected chi connectivity index (χ1v) is 12.3. The highest BCUT2D eigenvalue weighted by Gasteiger charge is 2.21. The fourth-order valence-corrected chi connectivity index (χ4v) is 4.70. The first-order valence-electron chi connectivity index (χ1n) is 12.3. The van der Waals surface area contributed by atoms with Crippen molar-refractivity contribution >= 4 is 0 Å². The molecule has 0 saturated heterocycles. The van der Waals surface area contributed by atoms with Crippen LogP contribution in [0.5, 0.6) is 5.75 Å². The Morgan fingerprint density at radius 1 is 0.871 bits per heavy atom. The normalized spacial score (nSPS) is 18.8. The third-order valence-electron chi connectivity index (χ3n) is 6.67. The minimum absolute atomic E-state index is 0.381. The smallest absolute Gasteiger partial charge is 0.133 e. The molecule has 2 aromatic carbocycles. The van der Waals surface area contributed by atoms with E-state index in [9.17, 15) is 8.78 Å². The first-order chi connectivity index (χ1) is 15.2. The monoisotopic (exact) mass is 427 g/mol. The molecule has 1 saturated carbocycles. The highest BCUT2D eigenvalue weighted by Crippen LogP contribution is 2.33. The van der Waals surface area contributed by atoms with E-state index in [0.717, 1.165) is 12.0 Å². The van der Waals surface area contributed by atoms with Crippen LogP contribution >= 0.6 is 0 Å². The molecular weight excluding hydrogens is 390 g/mol. The molecule has 169 valence electrons. The molecule has 0 aliphatic heterocycles. The largest absolute Gasteiger partial charge is 0.493 e. The van der Waals surface area contributed by atoms with Crippen molar-refractivity contribution in [2.24, 2.45) is 11.8 Å². The lowest BCUT2D eigenvalue weighted by Gasteiger charge is -2.28. The SMILES string of the molecule is CCCCCCCCCC1CCC(COc2[c]ccc(-c3ccc(F)cc3F)c2)CC1. The molecule has 0 N–H and O–H groups in total. The van der Waals surface area contributed by atoms with Gasteiger partial charge in [-0.2, -0.15) is 0 Å². The summed E-state index contributed by atoms with van der Waals surface area (Å²) in [5.74, 6) is 0.985. The van der Waals surface area contributed by atoms with Crippen molar-refractivity contribution in [3.05, 3.63) is 54.1 Å². The van der Waals surface area contributed by atoms with Crippen molar-refractivity contribution in [1.29, 1.82) is 0 Å². The maximum atomic E-state index is 14.1. The van der Waals surface area contributed by atoms with Gasteiger partial charge in [0.25, 0.3) is 0 Å². The van der Waals surface area contributed by atoms with Crippen LogP contribution in [0.15, 0.2) is 36.4 Å². The van der Waals surface area contributed by atoms with Gasteiger partial charge in [-0.1, -0.05) is 77.2 Å². The van der Waals surface area contributed by atoms with Gasteiger partial charge in [-0.15, -0.1) is 0 Å². The highest BCUT2D eigenvalue weighted by molar-refractivity contribution is 5.65. The summed E-state index contributed by atoms with van der Waals surface area (Å²) in [5.41, 5.74) is 1.07. The minimum atomic E-state index is -0.567. The van der Waals surface area contributed by atoms with Crippen LogP contribution in [0.2, 0.25) is 0 Å². The number of unbranched alkanes of at least 4 members (excludes halogenated alkanes) is 6. The predicted octanol–water partition coefficient (Wildman–Crippen LogP) is 8.76. The van der Waals surface area contributed by atoms with E-state index in [1.165, 1.54) is 89.2 Å². The van der Waals surface area contributed by atoms with Gasteiger partial charge in [0.05, 0.1) is 6.61 Å². The summed E-state index contributed by atoms with van der Waals surface area (Å²) >= 11 is 0. The third kappa shape index (κ3) is 7.94. The van der Waals surface area contributed by atoms with E-state index in [4.69, 9.17) is 4.74 Å². The summed E-state index contributed by atoms with van der Waals surface area (Å²) in [7, 11) is 0. The predicted molar refractivity (Wildman–Crippen MR) is 124 cm³/mol. The molecule has 0 aromatic heterocycles. The summed E-state index contributed by atoms with van der Waals surface area (Å²) < 4.78 is 33.2. The van der Waals surface area contributed by atoms with Gasteiger partial charge in [-0.3, -0.25) is 0 Å². The van der Waals surface area contributed by atoms with E-state index in [1.54, 1.807) is 18.2 Å². The van der Waals surface area contributed by atoms with Crippen molar-refractivity contribution < 1.29 is 13.5 Å². The number of halogens is 2. The van der Waals surface area contributed by atoms with Crippen LogP contribution in [-0.2, 0) is 0 Å². The van der Waals surface area contributed by atoms with Gasteiger partial charge in [-0.05, 0) is 54.5 Å². The molecule has 0 bridgehead atoms. The zero-order chi connectivity index (χ0) is 21.9. The molecule has 3 rings (SSSR count). The first kappa shape index (κ1) is 23.8. The summed E-state index contributed by atoms with van der Waals surface area (Å²) in [5, 5.41) is 0. The van der Waals surface area contributed by atoms with Crippen LogP contribution in [0.4, 0.5) is 8.78 Å². The molecule has 1 nitrogen and oxygen atoms in total. The number of rotatable bonds is 12. The Balaban J connectivity index is 1.36. The van der Waals surface area contributed by atoms with Gasteiger partial charge in [0.2, 0.25) is 0 Å². The Kier molecular flexibility index (Phi) is 9.84. The molecule has 0 spiro atoms. The lowest BCUT2D eigenvalue weighted by atomic mass is 9.80.